The highest BCUT2D eigenvalue weighted by Crippen LogP contribution is 2.32. The van der Waals surface area contributed by atoms with Crippen LogP contribution in [0, 0.1) is 5.82 Å². The van der Waals surface area contributed by atoms with Crippen LogP contribution in [0.3, 0.4) is 0 Å². The second kappa shape index (κ2) is 15.9. The van der Waals surface area contributed by atoms with Crippen molar-refractivity contribution in [1.29, 1.82) is 0 Å². The molecule has 1 fully saturated rings. The molecule has 1 atom stereocenters. The highest BCUT2D eigenvalue weighted by molar-refractivity contribution is 5.95. The van der Waals surface area contributed by atoms with Crippen molar-refractivity contribution in [2.24, 2.45) is 0 Å². The summed E-state index contributed by atoms with van der Waals surface area (Å²) in [6.07, 6.45) is -1.23. The number of hydrogen-bond acceptors (Lipinski definition) is 3. The number of benzene rings is 4. The molecule has 0 aliphatic carbocycles. The number of rotatable bonds is 11. The predicted octanol–water partition coefficient (Wildman–Crippen LogP) is 7.40. The van der Waals surface area contributed by atoms with E-state index in [0.717, 1.165) is 41.8 Å². The molecule has 0 radical (unpaired) electrons. The van der Waals surface area contributed by atoms with E-state index in [-0.39, 0.29) is 24.4 Å². The molecule has 250 valence electrons. The zero-order valence-corrected chi connectivity index (χ0v) is 26.9. The Balaban J connectivity index is 1.42. The molecule has 0 bridgehead atoms. The van der Waals surface area contributed by atoms with Crippen molar-refractivity contribution in [3.63, 3.8) is 0 Å². The van der Waals surface area contributed by atoms with Crippen LogP contribution in [0.5, 0.6) is 0 Å². The number of halogens is 4. The minimum atomic E-state index is -4.83. The zero-order chi connectivity index (χ0) is 34.1. The third-order valence-corrected chi connectivity index (χ3v) is 8.65. The van der Waals surface area contributed by atoms with Crippen LogP contribution in [-0.2, 0) is 41.7 Å². The maximum atomic E-state index is 14.4. The van der Waals surface area contributed by atoms with Gasteiger partial charge in [-0.05, 0) is 52.4 Å². The Morgan fingerprint density at radius 2 is 1.40 bits per heavy atom. The van der Waals surface area contributed by atoms with Gasteiger partial charge in [-0.15, -0.1) is 0 Å². The zero-order valence-electron chi connectivity index (χ0n) is 26.9. The van der Waals surface area contributed by atoms with Gasteiger partial charge in [0, 0.05) is 51.8 Å². The van der Waals surface area contributed by atoms with Gasteiger partial charge in [0.15, 0.2) is 0 Å². The number of alkyl halides is 3. The third kappa shape index (κ3) is 9.19. The molecule has 1 aliphatic heterocycles. The monoisotopic (exact) mass is 657 g/mol. The molecule has 0 spiro atoms. The summed E-state index contributed by atoms with van der Waals surface area (Å²) < 4.78 is 53.6. The summed E-state index contributed by atoms with van der Waals surface area (Å²) in [5.41, 5.74) is 2.76. The van der Waals surface area contributed by atoms with Crippen LogP contribution < -0.4 is 0 Å². The molecule has 0 N–H and O–H groups in total. The summed E-state index contributed by atoms with van der Waals surface area (Å²) in [6.45, 7) is 5.34. The van der Waals surface area contributed by atoms with E-state index in [1.165, 1.54) is 22.6 Å². The first kappa shape index (κ1) is 34.6. The SMILES string of the molecule is CCc1ccc(CN(C(=O)/C=C\c2ccc(C(F)(F)F)c(F)c2)[C@@H](Cc2ccccc2)C(=O)N2CCN(Cc3ccccc3)CC2)cc1. The number of carbonyl (C=O) groups is 2. The molecule has 9 heteroatoms. The van der Waals surface area contributed by atoms with Crippen LogP contribution in [0.4, 0.5) is 17.6 Å². The van der Waals surface area contributed by atoms with Crippen molar-refractivity contribution in [2.75, 3.05) is 26.2 Å². The van der Waals surface area contributed by atoms with Crippen LogP contribution in [-0.4, -0.2) is 58.7 Å². The van der Waals surface area contributed by atoms with Gasteiger partial charge in [0.1, 0.15) is 11.9 Å². The van der Waals surface area contributed by atoms with Crippen LogP contribution in [0.15, 0.2) is 109 Å². The largest absolute Gasteiger partial charge is 0.419 e. The summed E-state index contributed by atoms with van der Waals surface area (Å²) in [4.78, 5) is 34.0. The molecular weight excluding hydrogens is 618 g/mol. The molecule has 0 saturated carbocycles. The first-order valence-electron chi connectivity index (χ1n) is 16.1. The summed E-state index contributed by atoms with van der Waals surface area (Å²) in [6, 6.07) is 29.1. The fourth-order valence-electron chi connectivity index (χ4n) is 5.89. The minimum absolute atomic E-state index is 0.0987. The van der Waals surface area contributed by atoms with Gasteiger partial charge in [-0.2, -0.15) is 13.2 Å². The van der Waals surface area contributed by atoms with Crippen LogP contribution in [0.25, 0.3) is 6.08 Å². The molecule has 1 saturated heterocycles. The standard InChI is InChI=1S/C39H39F4N3O2/c1-2-29-13-15-33(16-14-29)28-46(37(47)20-18-31-17-19-34(35(40)25-31)39(41,42)43)36(26-30-9-5-3-6-10-30)38(48)45-23-21-44(22-24-45)27-32-11-7-4-8-12-32/h3-20,25,36H,2,21-24,26-28H2,1H3/b20-18-/t36-/m0/s1. The summed E-state index contributed by atoms with van der Waals surface area (Å²) in [5.74, 6) is -2.11. The topological polar surface area (TPSA) is 43.9 Å². The second-order valence-electron chi connectivity index (χ2n) is 12.0. The lowest BCUT2D eigenvalue weighted by atomic mass is 10.0. The highest BCUT2D eigenvalue weighted by Gasteiger charge is 2.35. The fourth-order valence-corrected chi connectivity index (χ4v) is 5.89. The van der Waals surface area contributed by atoms with E-state index in [0.29, 0.717) is 32.2 Å². The summed E-state index contributed by atoms with van der Waals surface area (Å²) in [5, 5.41) is 0. The van der Waals surface area contributed by atoms with E-state index >= 15 is 0 Å². The van der Waals surface area contributed by atoms with Gasteiger partial charge in [0.05, 0.1) is 5.56 Å². The van der Waals surface area contributed by atoms with Gasteiger partial charge < -0.3 is 9.80 Å². The normalized spacial score (nSPS) is 14.6. The Morgan fingerprint density at radius 3 is 1.98 bits per heavy atom. The predicted molar refractivity (Wildman–Crippen MR) is 179 cm³/mol. The van der Waals surface area contributed by atoms with Gasteiger partial charge >= 0.3 is 6.18 Å². The van der Waals surface area contributed by atoms with Crippen LogP contribution >= 0.6 is 0 Å². The number of carbonyl (C=O) groups excluding carboxylic acids is 2. The summed E-state index contributed by atoms with van der Waals surface area (Å²) >= 11 is 0. The molecule has 4 aromatic rings. The molecule has 0 aromatic heterocycles. The van der Waals surface area contributed by atoms with Gasteiger partial charge in [-0.1, -0.05) is 97.9 Å². The highest BCUT2D eigenvalue weighted by atomic mass is 19.4. The molecule has 0 unspecified atom stereocenters. The molecule has 4 aromatic carbocycles. The number of aryl methyl sites for hydroxylation is 1. The number of hydrogen-bond donors (Lipinski definition) is 0. The lowest BCUT2D eigenvalue weighted by Crippen LogP contribution is -2.56. The smallest absolute Gasteiger partial charge is 0.338 e. The van der Waals surface area contributed by atoms with E-state index in [4.69, 9.17) is 0 Å². The number of nitrogens with zero attached hydrogens (tertiary/aromatic N) is 3. The van der Waals surface area contributed by atoms with Crippen molar-refractivity contribution in [3.8, 4) is 0 Å². The van der Waals surface area contributed by atoms with Crippen LogP contribution in [0.2, 0.25) is 0 Å². The molecule has 5 nitrogen and oxygen atoms in total. The van der Waals surface area contributed by atoms with Gasteiger partial charge in [0.25, 0.3) is 0 Å². The Bertz CT molecular complexity index is 1680. The molecule has 48 heavy (non-hydrogen) atoms. The Hall–Kier alpha value is -4.76. The first-order chi connectivity index (χ1) is 23.1. The van der Waals surface area contributed by atoms with Gasteiger partial charge in [0.2, 0.25) is 11.8 Å². The Kier molecular flexibility index (Phi) is 11.4. The van der Waals surface area contributed by atoms with E-state index < -0.39 is 29.5 Å². The minimum Gasteiger partial charge on any atom is -0.338 e. The Morgan fingerprint density at radius 1 is 0.792 bits per heavy atom. The van der Waals surface area contributed by atoms with E-state index in [1.54, 1.807) is 0 Å². The maximum Gasteiger partial charge on any atom is 0.419 e. The lowest BCUT2D eigenvalue weighted by Gasteiger charge is -2.39. The van der Waals surface area contributed by atoms with Gasteiger partial charge in [-0.3, -0.25) is 14.5 Å². The molecule has 5 rings (SSSR count). The first-order valence-corrected chi connectivity index (χ1v) is 16.1. The lowest BCUT2D eigenvalue weighted by molar-refractivity contribution is -0.145. The number of piperazine rings is 1. The van der Waals surface area contributed by atoms with Gasteiger partial charge in [-0.25, -0.2) is 4.39 Å². The van der Waals surface area contributed by atoms with Crippen molar-refractivity contribution in [3.05, 3.63) is 148 Å². The molecule has 1 aliphatic rings. The van der Waals surface area contributed by atoms with E-state index in [1.807, 2.05) is 84.6 Å². The second-order valence-corrected chi connectivity index (χ2v) is 12.0. The van der Waals surface area contributed by atoms with E-state index in [2.05, 4.69) is 17.0 Å². The van der Waals surface area contributed by atoms with Crippen molar-refractivity contribution in [2.45, 2.75) is 45.1 Å². The average Bonchev–Trinajstić information content (AvgIpc) is 3.09. The molecule has 2 amide bonds. The van der Waals surface area contributed by atoms with Crippen molar-refractivity contribution >= 4 is 17.9 Å². The Labute approximate surface area is 279 Å². The number of amides is 2. The molecule has 1 heterocycles. The van der Waals surface area contributed by atoms with Crippen molar-refractivity contribution in [1.82, 2.24) is 14.7 Å². The fraction of sp³-hybridized carbons (Fsp3) is 0.282. The average molecular weight is 658 g/mol. The maximum absolute atomic E-state index is 14.4. The quantitative estimate of drug-likeness (QED) is 0.125. The van der Waals surface area contributed by atoms with Crippen LogP contribution in [0.1, 0.15) is 40.3 Å². The van der Waals surface area contributed by atoms with E-state index in [9.17, 15) is 27.2 Å². The summed E-state index contributed by atoms with van der Waals surface area (Å²) in [7, 11) is 0. The third-order valence-electron chi connectivity index (χ3n) is 8.65. The van der Waals surface area contributed by atoms with Crippen molar-refractivity contribution < 1.29 is 27.2 Å². The molecular formula is C39H39F4N3O2.